The number of nitrogens with zero attached hydrogens (tertiary/aromatic N) is 2. The lowest BCUT2D eigenvalue weighted by Crippen LogP contribution is -2.53. The van der Waals surface area contributed by atoms with Crippen molar-refractivity contribution < 1.29 is 4.74 Å². The maximum absolute atomic E-state index is 5.80. The van der Waals surface area contributed by atoms with Gasteiger partial charge in [0.1, 0.15) is 0 Å². The first-order valence-corrected chi connectivity index (χ1v) is 7.17. The summed E-state index contributed by atoms with van der Waals surface area (Å²) < 4.78 is 5.80. The maximum Gasteiger partial charge on any atom is 0.222 e. The summed E-state index contributed by atoms with van der Waals surface area (Å²) in [7, 11) is 0. The summed E-state index contributed by atoms with van der Waals surface area (Å²) in [6.45, 7) is 5.88. The smallest absolute Gasteiger partial charge is 0.222 e. The van der Waals surface area contributed by atoms with Gasteiger partial charge < -0.3 is 15.4 Å². The Bertz CT molecular complexity index is 424. The van der Waals surface area contributed by atoms with Gasteiger partial charge in [-0.05, 0) is 38.2 Å². The largest absolute Gasteiger partial charge is 0.373 e. The van der Waals surface area contributed by atoms with Crippen molar-refractivity contribution in [2.24, 2.45) is 0 Å². The van der Waals surface area contributed by atoms with E-state index in [1.807, 2.05) is 12.4 Å². The van der Waals surface area contributed by atoms with Gasteiger partial charge in [-0.15, -0.1) is 12.4 Å². The molecule has 0 amide bonds. The van der Waals surface area contributed by atoms with Gasteiger partial charge in [-0.25, -0.2) is 9.97 Å². The summed E-state index contributed by atoms with van der Waals surface area (Å²) in [5.41, 5.74) is 1.27. The fraction of sp³-hybridized carbons (Fsp3) is 0.714. The van der Waals surface area contributed by atoms with Gasteiger partial charge in [0.2, 0.25) is 5.95 Å². The highest BCUT2D eigenvalue weighted by atomic mass is 35.5. The molecule has 5 nitrogen and oxygen atoms in total. The van der Waals surface area contributed by atoms with Crippen LogP contribution in [0.1, 0.15) is 38.2 Å². The van der Waals surface area contributed by atoms with E-state index in [1.165, 1.54) is 18.4 Å². The lowest BCUT2D eigenvalue weighted by Gasteiger charge is -2.34. The Balaban J connectivity index is 0.00000147. The monoisotopic (exact) mass is 298 g/mol. The van der Waals surface area contributed by atoms with E-state index in [4.69, 9.17) is 4.74 Å². The minimum atomic E-state index is 0. The molecular weight excluding hydrogens is 276 g/mol. The molecule has 2 fully saturated rings. The summed E-state index contributed by atoms with van der Waals surface area (Å²) in [5.74, 6) is 1.42. The zero-order valence-corrected chi connectivity index (χ0v) is 12.8. The Labute approximate surface area is 126 Å². The predicted molar refractivity (Wildman–Crippen MR) is 81.5 cm³/mol. The van der Waals surface area contributed by atoms with Gasteiger partial charge in [-0.2, -0.15) is 0 Å². The zero-order chi connectivity index (χ0) is 13.2. The summed E-state index contributed by atoms with van der Waals surface area (Å²) >= 11 is 0. The van der Waals surface area contributed by atoms with E-state index in [1.54, 1.807) is 0 Å². The Kier molecular flexibility index (Phi) is 5.18. The average molecular weight is 299 g/mol. The Morgan fingerprint density at radius 2 is 2.00 bits per heavy atom. The van der Waals surface area contributed by atoms with Gasteiger partial charge in [-0.3, -0.25) is 0 Å². The van der Waals surface area contributed by atoms with E-state index < -0.39 is 0 Å². The van der Waals surface area contributed by atoms with Crippen molar-refractivity contribution in [3.05, 3.63) is 18.0 Å². The molecule has 0 bridgehead atoms. The van der Waals surface area contributed by atoms with Crippen LogP contribution in [0.5, 0.6) is 0 Å². The standard InChI is InChI=1S/C14H22N4O.ClH/c1-9-5-15-13(10(2)19-9)8-18-14-16-6-12(7-17-14)11-3-4-11;/h6-7,9-11,13,15H,3-5,8H2,1-2H3,(H,16,17,18);1H/t9-,10+,13-;/m1./s1. The van der Waals surface area contributed by atoms with Crippen LogP contribution in [0.3, 0.4) is 0 Å². The molecule has 1 aromatic heterocycles. The first-order chi connectivity index (χ1) is 9.22. The molecule has 1 saturated carbocycles. The third-order valence-corrected chi connectivity index (χ3v) is 3.88. The van der Waals surface area contributed by atoms with Crippen molar-refractivity contribution in [3.8, 4) is 0 Å². The molecule has 3 atom stereocenters. The van der Waals surface area contributed by atoms with E-state index in [0.29, 0.717) is 24.0 Å². The first-order valence-electron chi connectivity index (χ1n) is 7.17. The Hall–Kier alpha value is -0.910. The van der Waals surface area contributed by atoms with E-state index in [0.717, 1.165) is 13.1 Å². The molecule has 1 aliphatic heterocycles. The van der Waals surface area contributed by atoms with Crippen molar-refractivity contribution in [1.82, 2.24) is 15.3 Å². The third kappa shape index (κ3) is 3.81. The highest BCUT2D eigenvalue weighted by molar-refractivity contribution is 5.85. The van der Waals surface area contributed by atoms with Crippen LogP contribution in [0.2, 0.25) is 0 Å². The normalized spacial score (nSPS) is 29.6. The van der Waals surface area contributed by atoms with Crippen LogP contribution in [0, 0.1) is 0 Å². The van der Waals surface area contributed by atoms with Crippen LogP contribution in [0.25, 0.3) is 0 Å². The molecule has 2 heterocycles. The number of hydrogen-bond donors (Lipinski definition) is 2. The topological polar surface area (TPSA) is 59.1 Å². The Morgan fingerprint density at radius 1 is 1.30 bits per heavy atom. The predicted octanol–water partition coefficient (Wildman–Crippen LogP) is 1.95. The maximum atomic E-state index is 5.80. The Morgan fingerprint density at radius 3 is 2.60 bits per heavy atom. The molecule has 1 aliphatic carbocycles. The van der Waals surface area contributed by atoms with Crippen molar-refractivity contribution in [2.75, 3.05) is 18.4 Å². The third-order valence-electron chi connectivity index (χ3n) is 3.88. The van der Waals surface area contributed by atoms with Gasteiger partial charge in [0.05, 0.1) is 18.2 Å². The number of hydrogen-bond acceptors (Lipinski definition) is 5. The van der Waals surface area contributed by atoms with Crippen molar-refractivity contribution in [2.45, 2.75) is 50.9 Å². The van der Waals surface area contributed by atoms with E-state index in [2.05, 4.69) is 34.4 Å². The molecule has 6 heteroatoms. The summed E-state index contributed by atoms with van der Waals surface area (Å²) in [6.07, 6.45) is 6.97. The van der Waals surface area contributed by atoms with E-state index in [9.17, 15) is 0 Å². The first kappa shape index (κ1) is 15.5. The number of ether oxygens (including phenoxy) is 1. The minimum Gasteiger partial charge on any atom is -0.373 e. The average Bonchev–Trinajstić information content (AvgIpc) is 3.23. The molecule has 2 N–H and O–H groups in total. The quantitative estimate of drug-likeness (QED) is 0.890. The van der Waals surface area contributed by atoms with Crippen LogP contribution >= 0.6 is 12.4 Å². The molecule has 3 rings (SSSR count). The summed E-state index contributed by atoms with van der Waals surface area (Å²) in [6, 6.07) is 0.308. The number of halogens is 1. The second-order valence-electron chi connectivity index (χ2n) is 5.66. The highest BCUT2D eigenvalue weighted by Gasteiger charge is 2.26. The fourth-order valence-electron chi connectivity index (χ4n) is 2.49. The van der Waals surface area contributed by atoms with Gasteiger partial charge in [0.25, 0.3) is 0 Å². The molecule has 0 spiro atoms. The number of rotatable bonds is 4. The molecule has 1 saturated heterocycles. The fourth-order valence-corrected chi connectivity index (χ4v) is 2.49. The van der Waals surface area contributed by atoms with E-state index in [-0.39, 0.29) is 18.5 Å². The molecule has 0 aromatic carbocycles. The lowest BCUT2D eigenvalue weighted by molar-refractivity contribution is -0.0407. The van der Waals surface area contributed by atoms with Crippen LogP contribution in [-0.4, -0.2) is 41.3 Å². The number of nitrogens with one attached hydrogen (secondary N) is 2. The van der Waals surface area contributed by atoms with Gasteiger partial charge in [0, 0.05) is 25.5 Å². The van der Waals surface area contributed by atoms with Crippen LogP contribution in [-0.2, 0) is 4.74 Å². The van der Waals surface area contributed by atoms with Crippen molar-refractivity contribution >= 4 is 18.4 Å². The second-order valence-corrected chi connectivity index (χ2v) is 5.66. The van der Waals surface area contributed by atoms with Crippen LogP contribution in [0.15, 0.2) is 12.4 Å². The van der Waals surface area contributed by atoms with Crippen LogP contribution in [0.4, 0.5) is 5.95 Å². The van der Waals surface area contributed by atoms with Crippen molar-refractivity contribution in [3.63, 3.8) is 0 Å². The number of morpholine rings is 1. The minimum absolute atomic E-state index is 0. The molecule has 0 unspecified atom stereocenters. The molecule has 20 heavy (non-hydrogen) atoms. The van der Waals surface area contributed by atoms with Gasteiger partial charge in [-0.1, -0.05) is 0 Å². The lowest BCUT2D eigenvalue weighted by atomic mass is 10.1. The molecule has 2 aliphatic rings. The van der Waals surface area contributed by atoms with Crippen LogP contribution < -0.4 is 10.6 Å². The van der Waals surface area contributed by atoms with Gasteiger partial charge in [0.15, 0.2) is 0 Å². The molecule has 1 aromatic rings. The molecule has 0 radical (unpaired) electrons. The number of anilines is 1. The molecule has 112 valence electrons. The van der Waals surface area contributed by atoms with Crippen molar-refractivity contribution in [1.29, 1.82) is 0 Å². The summed E-state index contributed by atoms with van der Waals surface area (Å²) in [4.78, 5) is 8.75. The SMILES string of the molecule is C[C@@H]1CN[C@H](CNc2ncc(C3CC3)cn2)[C@H](C)O1.Cl. The van der Waals surface area contributed by atoms with Gasteiger partial charge >= 0.3 is 0 Å². The zero-order valence-electron chi connectivity index (χ0n) is 12.0. The summed E-state index contributed by atoms with van der Waals surface area (Å²) in [5, 5.41) is 6.77. The second kappa shape index (κ2) is 6.70. The highest BCUT2D eigenvalue weighted by Crippen LogP contribution is 2.39. The van der Waals surface area contributed by atoms with E-state index >= 15 is 0 Å². The molecular formula is C14H23ClN4O. The number of aromatic nitrogens is 2.